The predicted octanol–water partition coefficient (Wildman–Crippen LogP) is 1.34. The normalized spacial score (nSPS) is 15.1. The van der Waals surface area contributed by atoms with Gasteiger partial charge in [0, 0.05) is 27.2 Å². The summed E-state index contributed by atoms with van der Waals surface area (Å²) in [5.74, 6) is -0.596. The maximum absolute atomic E-state index is 13.3. The van der Waals surface area contributed by atoms with E-state index in [0.717, 1.165) is 10.7 Å². The van der Waals surface area contributed by atoms with Gasteiger partial charge >= 0.3 is 0 Å². The Morgan fingerprint density at radius 3 is 2.50 bits per heavy atom. The van der Waals surface area contributed by atoms with E-state index >= 15 is 0 Å². The van der Waals surface area contributed by atoms with Crippen LogP contribution in [-0.2, 0) is 21.4 Å². The van der Waals surface area contributed by atoms with Gasteiger partial charge in [-0.15, -0.1) is 0 Å². The van der Waals surface area contributed by atoms with Crippen LogP contribution in [0.2, 0.25) is 0 Å². The third-order valence-electron chi connectivity index (χ3n) is 5.11. The lowest BCUT2D eigenvalue weighted by Crippen LogP contribution is -2.40. The summed E-state index contributed by atoms with van der Waals surface area (Å²) >= 11 is 0. The topological polar surface area (TPSA) is 95.8 Å². The molecule has 0 saturated heterocycles. The molecule has 0 N–H and O–H groups in total. The van der Waals surface area contributed by atoms with Crippen LogP contribution in [0.4, 0.5) is 0 Å². The highest BCUT2D eigenvalue weighted by atomic mass is 32.2. The Labute approximate surface area is 176 Å². The zero-order chi connectivity index (χ0) is 22.1. The van der Waals surface area contributed by atoms with E-state index in [1.165, 1.54) is 17.3 Å². The third kappa shape index (κ3) is 3.84. The molecule has 0 spiro atoms. The van der Waals surface area contributed by atoms with Crippen molar-refractivity contribution < 1.29 is 18.0 Å². The van der Waals surface area contributed by atoms with Crippen molar-refractivity contribution in [2.45, 2.75) is 31.7 Å². The molecular formula is C20H27N5O4S. The third-order valence-corrected chi connectivity index (χ3v) is 6.95. The number of amides is 2. The smallest absolute Gasteiger partial charge is 0.274 e. The Bertz CT molecular complexity index is 1060. The molecular weight excluding hydrogens is 406 g/mol. The number of para-hydroxylation sites is 1. The SMILES string of the molecule is CCCN(CC)C(=O)c1ncn2c1CN(CC(=O)N(C)C)S(=O)(=O)c1ccccc1-2. The minimum absolute atomic E-state index is 0.0765. The van der Waals surface area contributed by atoms with Crippen LogP contribution in [-0.4, -0.2) is 77.6 Å². The fourth-order valence-electron chi connectivity index (χ4n) is 3.43. The van der Waals surface area contributed by atoms with E-state index < -0.39 is 10.0 Å². The molecule has 162 valence electrons. The number of sulfonamides is 1. The molecule has 0 atom stereocenters. The van der Waals surface area contributed by atoms with E-state index in [0.29, 0.717) is 24.5 Å². The van der Waals surface area contributed by atoms with E-state index in [9.17, 15) is 18.0 Å². The summed E-state index contributed by atoms with van der Waals surface area (Å²) in [6, 6.07) is 6.54. The number of carbonyl (C=O) groups is 2. The molecule has 1 aromatic carbocycles. The molecule has 1 aromatic heterocycles. The van der Waals surface area contributed by atoms with Gasteiger partial charge in [0.25, 0.3) is 5.91 Å². The molecule has 1 aliphatic rings. The van der Waals surface area contributed by atoms with Crippen molar-refractivity contribution in [3.8, 4) is 5.69 Å². The van der Waals surface area contributed by atoms with Crippen LogP contribution in [0.5, 0.6) is 0 Å². The van der Waals surface area contributed by atoms with Crippen molar-refractivity contribution in [1.29, 1.82) is 0 Å². The average molecular weight is 434 g/mol. The van der Waals surface area contributed by atoms with Crippen molar-refractivity contribution in [2.75, 3.05) is 33.7 Å². The molecule has 0 bridgehead atoms. The second-order valence-corrected chi connectivity index (χ2v) is 9.23. The van der Waals surface area contributed by atoms with Crippen molar-refractivity contribution >= 4 is 21.8 Å². The zero-order valence-electron chi connectivity index (χ0n) is 17.7. The van der Waals surface area contributed by atoms with Gasteiger partial charge in [-0.1, -0.05) is 19.1 Å². The highest BCUT2D eigenvalue weighted by Gasteiger charge is 2.36. The van der Waals surface area contributed by atoms with Gasteiger partial charge in [0.15, 0.2) is 5.69 Å². The Kier molecular flexibility index (Phi) is 6.27. The average Bonchev–Trinajstić information content (AvgIpc) is 3.10. The number of rotatable bonds is 6. The number of benzene rings is 1. The lowest BCUT2D eigenvalue weighted by Gasteiger charge is -2.23. The van der Waals surface area contributed by atoms with Gasteiger partial charge in [0.1, 0.15) is 11.2 Å². The molecule has 3 rings (SSSR count). The molecule has 2 aromatic rings. The summed E-state index contributed by atoms with van der Waals surface area (Å²) < 4.78 is 29.4. The maximum Gasteiger partial charge on any atom is 0.274 e. The summed E-state index contributed by atoms with van der Waals surface area (Å²) in [6.07, 6.45) is 2.28. The summed E-state index contributed by atoms with van der Waals surface area (Å²) in [5.41, 5.74) is 1.08. The quantitative estimate of drug-likeness (QED) is 0.685. The van der Waals surface area contributed by atoms with Crippen LogP contribution in [0.25, 0.3) is 5.69 Å². The van der Waals surface area contributed by atoms with E-state index in [-0.39, 0.29) is 35.5 Å². The Hall–Kier alpha value is -2.72. The first-order chi connectivity index (χ1) is 14.2. The number of fused-ring (bicyclic) bond motifs is 3. The minimum Gasteiger partial charge on any atom is -0.348 e. The molecule has 10 heteroatoms. The summed E-state index contributed by atoms with van der Waals surface area (Å²) in [6.45, 7) is 4.54. The monoisotopic (exact) mass is 433 g/mol. The first-order valence-corrected chi connectivity index (χ1v) is 11.3. The van der Waals surface area contributed by atoms with Gasteiger partial charge in [-0.25, -0.2) is 13.4 Å². The van der Waals surface area contributed by atoms with Crippen molar-refractivity contribution in [2.24, 2.45) is 0 Å². The Morgan fingerprint density at radius 1 is 1.17 bits per heavy atom. The number of imidazole rings is 1. The van der Waals surface area contributed by atoms with Crippen molar-refractivity contribution in [1.82, 2.24) is 23.7 Å². The second-order valence-electron chi connectivity index (χ2n) is 7.32. The van der Waals surface area contributed by atoms with Crippen LogP contribution >= 0.6 is 0 Å². The van der Waals surface area contributed by atoms with Gasteiger partial charge in [0.2, 0.25) is 15.9 Å². The van der Waals surface area contributed by atoms with Gasteiger partial charge in [0.05, 0.1) is 24.5 Å². The minimum atomic E-state index is -3.95. The molecule has 2 amide bonds. The standard InChI is InChI=1S/C20H27N5O4S/c1-5-11-23(6-2)20(27)19-16-12-24(13-18(26)22(3)4)30(28,29)17-10-8-7-9-15(17)25(16)14-21-19/h7-10,14H,5-6,11-13H2,1-4H3. The van der Waals surface area contributed by atoms with E-state index in [1.54, 1.807) is 41.8 Å². The van der Waals surface area contributed by atoms with Crippen molar-refractivity contribution in [3.05, 3.63) is 42.0 Å². The highest BCUT2D eigenvalue weighted by Crippen LogP contribution is 2.31. The fraction of sp³-hybridized carbons (Fsp3) is 0.450. The van der Waals surface area contributed by atoms with Gasteiger partial charge in [-0.3, -0.25) is 14.2 Å². The van der Waals surface area contributed by atoms with Crippen LogP contribution in [0, 0.1) is 0 Å². The Balaban J connectivity index is 2.16. The Morgan fingerprint density at radius 2 is 1.87 bits per heavy atom. The van der Waals surface area contributed by atoms with Crippen LogP contribution < -0.4 is 0 Å². The predicted molar refractivity (Wildman–Crippen MR) is 112 cm³/mol. The number of hydrogen-bond acceptors (Lipinski definition) is 5. The molecule has 0 unspecified atom stereocenters. The largest absolute Gasteiger partial charge is 0.348 e. The second kappa shape index (κ2) is 8.57. The van der Waals surface area contributed by atoms with E-state index in [4.69, 9.17) is 0 Å². The van der Waals surface area contributed by atoms with Crippen LogP contribution in [0.15, 0.2) is 35.5 Å². The van der Waals surface area contributed by atoms with E-state index in [2.05, 4.69) is 4.98 Å². The van der Waals surface area contributed by atoms with Gasteiger partial charge in [-0.2, -0.15) is 4.31 Å². The highest BCUT2D eigenvalue weighted by molar-refractivity contribution is 7.89. The molecule has 0 radical (unpaired) electrons. The lowest BCUT2D eigenvalue weighted by atomic mass is 10.2. The molecule has 30 heavy (non-hydrogen) atoms. The lowest BCUT2D eigenvalue weighted by molar-refractivity contribution is -0.128. The number of aromatic nitrogens is 2. The van der Waals surface area contributed by atoms with Crippen molar-refractivity contribution in [3.63, 3.8) is 0 Å². The molecule has 0 aliphatic carbocycles. The zero-order valence-corrected chi connectivity index (χ0v) is 18.5. The molecule has 1 aliphatic heterocycles. The maximum atomic E-state index is 13.3. The number of nitrogens with zero attached hydrogens (tertiary/aromatic N) is 5. The molecule has 2 heterocycles. The first kappa shape index (κ1) is 22.0. The first-order valence-electron chi connectivity index (χ1n) is 9.87. The summed E-state index contributed by atoms with van der Waals surface area (Å²) in [7, 11) is -0.805. The number of carbonyl (C=O) groups excluding carboxylic acids is 2. The summed E-state index contributed by atoms with van der Waals surface area (Å²) in [5, 5.41) is 0. The number of hydrogen-bond donors (Lipinski definition) is 0. The van der Waals surface area contributed by atoms with Crippen LogP contribution in [0.3, 0.4) is 0 Å². The van der Waals surface area contributed by atoms with E-state index in [1.807, 2.05) is 13.8 Å². The molecule has 0 fully saturated rings. The fourth-order valence-corrected chi connectivity index (χ4v) is 4.96. The van der Waals surface area contributed by atoms with Crippen LogP contribution in [0.1, 0.15) is 36.5 Å². The van der Waals surface area contributed by atoms with Gasteiger partial charge in [-0.05, 0) is 25.5 Å². The molecule has 9 nitrogen and oxygen atoms in total. The summed E-state index contributed by atoms with van der Waals surface area (Å²) in [4.78, 5) is 32.9. The number of likely N-dealkylation sites (N-methyl/N-ethyl adjacent to an activating group) is 1. The van der Waals surface area contributed by atoms with Gasteiger partial charge < -0.3 is 9.80 Å². The molecule has 0 saturated carbocycles.